The highest BCUT2D eigenvalue weighted by Crippen LogP contribution is 2.32. The Balaban J connectivity index is 1.58. The molecule has 0 aliphatic carbocycles. The Kier molecular flexibility index (Phi) is 6.33. The summed E-state index contributed by atoms with van der Waals surface area (Å²) < 4.78 is 16.2. The van der Waals surface area contributed by atoms with Crippen LogP contribution in [0.1, 0.15) is 20.9 Å². The molecule has 31 heavy (non-hydrogen) atoms. The highest BCUT2D eigenvalue weighted by molar-refractivity contribution is 7.12. The van der Waals surface area contributed by atoms with Crippen LogP contribution in [0, 0.1) is 0 Å². The van der Waals surface area contributed by atoms with E-state index in [-0.39, 0.29) is 5.91 Å². The van der Waals surface area contributed by atoms with Crippen molar-refractivity contribution in [2.45, 2.75) is 13.1 Å². The fraction of sp³-hybridized carbons (Fsp3) is 0.167. The molecule has 0 saturated heterocycles. The molecule has 1 amide bonds. The zero-order chi connectivity index (χ0) is 21.6. The fourth-order valence-corrected chi connectivity index (χ4v) is 3.96. The molecule has 0 bridgehead atoms. The van der Waals surface area contributed by atoms with E-state index in [0.717, 1.165) is 11.1 Å². The van der Waals surface area contributed by atoms with Gasteiger partial charge in [-0.05, 0) is 35.2 Å². The van der Waals surface area contributed by atoms with Crippen molar-refractivity contribution < 1.29 is 18.8 Å². The molecule has 0 N–H and O–H groups in total. The summed E-state index contributed by atoms with van der Waals surface area (Å²) in [4.78, 5) is 15.6. The Hall–Kier alpha value is -3.58. The maximum absolute atomic E-state index is 13.1. The maximum atomic E-state index is 13.1. The topological polar surface area (TPSA) is 64.8 Å². The molecule has 0 aliphatic heterocycles. The highest BCUT2D eigenvalue weighted by atomic mass is 32.1. The van der Waals surface area contributed by atoms with Crippen molar-refractivity contribution in [1.29, 1.82) is 0 Å². The number of methoxy groups -OCH3 is 2. The molecule has 0 fully saturated rings. The van der Waals surface area contributed by atoms with Gasteiger partial charge in [-0.3, -0.25) is 4.79 Å². The van der Waals surface area contributed by atoms with Crippen LogP contribution in [0.4, 0.5) is 0 Å². The molecule has 2 aromatic heterocycles. The quantitative estimate of drug-likeness (QED) is 0.378. The van der Waals surface area contributed by atoms with Gasteiger partial charge in [-0.15, -0.1) is 11.3 Å². The zero-order valence-electron chi connectivity index (χ0n) is 17.3. The minimum atomic E-state index is -0.0329. The van der Waals surface area contributed by atoms with Gasteiger partial charge in [-0.2, -0.15) is 0 Å². The van der Waals surface area contributed by atoms with Gasteiger partial charge in [-0.25, -0.2) is 0 Å². The molecule has 6 nitrogen and oxygen atoms in total. The molecule has 2 aromatic carbocycles. The molecule has 4 aromatic rings. The van der Waals surface area contributed by atoms with Crippen molar-refractivity contribution in [3.8, 4) is 22.8 Å². The van der Waals surface area contributed by atoms with E-state index in [9.17, 15) is 4.79 Å². The van der Waals surface area contributed by atoms with E-state index in [2.05, 4.69) is 5.16 Å². The molecule has 158 valence electrons. The Morgan fingerprint density at radius 3 is 2.48 bits per heavy atom. The van der Waals surface area contributed by atoms with E-state index in [1.165, 1.54) is 11.3 Å². The van der Waals surface area contributed by atoms with Crippen LogP contribution in [0.2, 0.25) is 0 Å². The molecule has 4 rings (SSSR count). The van der Waals surface area contributed by atoms with E-state index in [1.54, 1.807) is 19.1 Å². The number of benzene rings is 2. The number of ether oxygens (including phenoxy) is 2. The second-order valence-electron chi connectivity index (χ2n) is 6.88. The summed E-state index contributed by atoms with van der Waals surface area (Å²) in [6.45, 7) is 0.818. The first-order chi connectivity index (χ1) is 15.2. The summed E-state index contributed by atoms with van der Waals surface area (Å²) in [5, 5.41) is 6.10. The molecular weight excluding hydrogens is 412 g/mol. The van der Waals surface area contributed by atoms with Crippen molar-refractivity contribution in [2.75, 3.05) is 14.2 Å². The normalized spacial score (nSPS) is 10.6. The lowest BCUT2D eigenvalue weighted by molar-refractivity contribution is 0.0731. The number of rotatable bonds is 8. The molecule has 0 spiro atoms. The van der Waals surface area contributed by atoms with E-state index in [0.29, 0.717) is 40.9 Å². The fourth-order valence-electron chi connectivity index (χ4n) is 3.27. The van der Waals surface area contributed by atoms with Crippen molar-refractivity contribution >= 4 is 17.2 Å². The summed E-state index contributed by atoms with van der Waals surface area (Å²) >= 11 is 1.43. The van der Waals surface area contributed by atoms with Gasteiger partial charge >= 0.3 is 0 Å². The molecule has 0 radical (unpaired) electrons. The van der Waals surface area contributed by atoms with Gasteiger partial charge < -0.3 is 18.9 Å². The molecule has 0 atom stereocenters. The maximum Gasteiger partial charge on any atom is 0.264 e. The van der Waals surface area contributed by atoms with E-state index in [4.69, 9.17) is 14.0 Å². The molecule has 0 aliphatic rings. The number of carbonyl (C=O) groups excluding carboxylic acids is 1. The lowest BCUT2D eigenvalue weighted by atomic mass is 10.1. The Morgan fingerprint density at radius 2 is 1.77 bits per heavy atom. The molecule has 7 heteroatoms. The van der Waals surface area contributed by atoms with Gasteiger partial charge in [0.15, 0.2) is 17.3 Å². The third-order valence-corrected chi connectivity index (χ3v) is 5.67. The second-order valence-corrected chi connectivity index (χ2v) is 7.82. The van der Waals surface area contributed by atoms with Gasteiger partial charge in [0.25, 0.3) is 5.91 Å². The number of carbonyl (C=O) groups is 1. The van der Waals surface area contributed by atoms with E-state index >= 15 is 0 Å². The van der Waals surface area contributed by atoms with Gasteiger partial charge in [0.1, 0.15) is 5.69 Å². The zero-order valence-corrected chi connectivity index (χ0v) is 18.1. The summed E-state index contributed by atoms with van der Waals surface area (Å²) in [5.41, 5.74) is 2.54. The van der Waals surface area contributed by atoms with E-state index < -0.39 is 0 Å². The van der Waals surface area contributed by atoms with Crippen molar-refractivity contribution in [2.24, 2.45) is 0 Å². The van der Waals surface area contributed by atoms with Crippen LogP contribution in [0.5, 0.6) is 11.5 Å². The van der Waals surface area contributed by atoms with Gasteiger partial charge in [0, 0.05) is 18.2 Å². The predicted molar refractivity (Wildman–Crippen MR) is 119 cm³/mol. The number of hydrogen-bond acceptors (Lipinski definition) is 6. The van der Waals surface area contributed by atoms with Crippen molar-refractivity contribution in [3.05, 3.63) is 88.2 Å². The van der Waals surface area contributed by atoms with Gasteiger partial charge in [0.05, 0.1) is 25.6 Å². The average molecular weight is 435 g/mol. The number of nitrogens with zero attached hydrogens (tertiary/aromatic N) is 2. The monoisotopic (exact) mass is 434 g/mol. The molecular formula is C24H22N2O4S. The largest absolute Gasteiger partial charge is 0.493 e. The third kappa shape index (κ3) is 4.78. The van der Waals surface area contributed by atoms with Crippen molar-refractivity contribution in [1.82, 2.24) is 10.1 Å². The van der Waals surface area contributed by atoms with Gasteiger partial charge in [-0.1, -0.05) is 41.6 Å². The first kappa shape index (κ1) is 20.7. The molecule has 0 saturated carbocycles. The Bertz CT molecular complexity index is 1140. The smallest absolute Gasteiger partial charge is 0.264 e. The predicted octanol–water partition coefficient (Wildman–Crippen LogP) is 5.26. The summed E-state index contributed by atoms with van der Waals surface area (Å²) in [6, 6.07) is 21.0. The standard InChI is InChI=1S/C24H22N2O4S/c1-28-20-11-10-18(13-22(20)29-2)21-14-19(25-30-21)16-26(15-17-7-4-3-5-8-17)24(27)23-9-6-12-31-23/h3-14H,15-16H2,1-2H3. The number of amides is 1. The molecule has 0 unspecified atom stereocenters. The third-order valence-electron chi connectivity index (χ3n) is 4.82. The summed E-state index contributed by atoms with van der Waals surface area (Å²) in [5.74, 6) is 1.81. The van der Waals surface area contributed by atoms with Crippen LogP contribution >= 0.6 is 11.3 Å². The summed E-state index contributed by atoms with van der Waals surface area (Å²) in [6.07, 6.45) is 0. The van der Waals surface area contributed by atoms with Crippen LogP contribution in [-0.2, 0) is 13.1 Å². The van der Waals surface area contributed by atoms with Crippen LogP contribution in [0.25, 0.3) is 11.3 Å². The van der Waals surface area contributed by atoms with Crippen LogP contribution in [-0.4, -0.2) is 30.2 Å². The lowest BCUT2D eigenvalue weighted by Gasteiger charge is -2.21. The second kappa shape index (κ2) is 9.49. The first-order valence-electron chi connectivity index (χ1n) is 9.72. The average Bonchev–Trinajstić information content (AvgIpc) is 3.51. The Labute approximate surface area is 184 Å². The number of thiophene rings is 1. The SMILES string of the molecule is COc1ccc(-c2cc(CN(Cc3ccccc3)C(=O)c3cccs3)no2)cc1OC. The summed E-state index contributed by atoms with van der Waals surface area (Å²) in [7, 11) is 3.18. The van der Waals surface area contributed by atoms with Crippen LogP contribution in [0.3, 0.4) is 0 Å². The first-order valence-corrected chi connectivity index (χ1v) is 10.6. The van der Waals surface area contributed by atoms with E-state index in [1.807, 2.05) is 72.1 Å². The van der Waals surface area contributed by atoms with Crippen molar-refractivity contribution in [3.63, 3.8) is 0 Å². The Morgan fingerprint density at radius 1 is 0.968 bits per heavy atom. The van der Waals surface area contributed by atoms with Crippen LogP contribution < -0.4 is 9.47 Å². The number of hydrogen-bond donors (Lipinski definition) is 0. The highest BCUT2D eigenvalue weighted by Gasteiger charge is 2.20. The lowest BCUT2D eigenvalue weighted by Crippen LogP contribution is -2.29. The van der Waals surface area contributed by atoms with Crippen LogP contribution in [0.15, 0.2) is 76.6 Å². The molecule has 2 heterocycles. The number of aromatic nitrogens is 1. The van der Waals surface area contributed by atoms with Gasteiger partial charge in [0.2, 0.25) is 0 Å². The minimum Gasteiger partial charge on any atom is -0.493 e. The minimum absolute atomic E-state index is 0.0329.